The second-order valence-corrected chi connectivity index (χ2v) is 3.59. The second kappa shape index (κ2) is 3.93. The van der Waals surface area contributed by atoms with Gasteiger partial charge in [-0.15, -0.1) is 0 Å². The first-order valence-corrected chi connectivity index (χ1v) is 4.73. The van der Waals surface area contributed by atoms with Gasteiger partial charge in [0.25, 0.3) is 5.69 Å². The molecule has 0 aliphatic carbocycles. The number of aromatic nitrogens is 1. The standard InChI is InChI=1S/C9H4F3N3O4/c10-9(11,12)8-7(15(18)19)5-3-4(14(16)17)1-2-6(5)13-8/h1-3,13H. The molecule has 0 fully saturated rings. The quantitative estimate of drug-likeness (QED) is 0.672. The van der Waals surface area contributed by atoms with Crippen LogP contribution in [0.3, 0.4) is 0 Å². The molecule has 0 atom stereocenters. The molecule has 2 aromatic rings. The van der Waals surface area contributed by atoms with Crippen molar-refractivity contribution in [3.8, 4) is 0 Å². The molecule has 0 radical (unpaired) electrons. The van der Waals surface area contributed by atoms with Gasteiger partial charge in [-0.2, -0.15) is 13.2 Å². The van der Waals surface area contributed by atoms with Crippen molar-refractivity contribution >= 4 is 22.3 Å². The number of hydrogen-bond donors (Lipinski definition) is 1. The van der Waals surface area contributed by atoms with Crippen molar-refractivity contribution in [2.24, 2.45) is 0 Å². The van der Waals surface area contributed by atoms with Crippen molar-refractivity contribution in [3.63, 3.8) is 0 Å². The molecule has 2 rings (SSSR count). The maximum absolute atomic E-state index is 12.6. The number of nitrogens with zero attached hydrogens (tertiary/aromatic N) is 2. The SMILES string of the molecule is O=[N+]([O-])c1ccc2[nH]c(C(F)(F)F)c([N+](=O)[O-])c2c1. The Hall–Kier alpha value is -2.65. The lowest BCUT2D eigenvalue weighted by Gasteiger charge is -2.01. The minimum atomic E-state index is -4.95. The van der Waals surface area contributed by atoms with E-state index in [0.29, 0.717) is 0 Å². The van der Waals surface area contributed by atoms with Gasteiger partial charge in [0.15, 0.2) is 5.69 Å². The van der Waals surface area contributed by atoms with Gasteiger partial charge in [0.1, 0.15) is 0 Å². The number of non-ortho nitro benzene ring substituents is 1. The fraction of sp³-hybridized carbons (Fsp3) is 0.111. The molecule has 100 valence electrons. The number of nitro groups is 2. The fourth-order valence-electron chi connectivity index (χ4n) is 1.67. The number of nitrogens with one attached hydrogen (secondary N) is 1. The summed E-state index contributed by atoms with van der Waals surface area (Å²) < 4.78 is 37.9. The Morgan fingerprint density at radius 2 is 1.74 bits per heavy atom. The Bertz CT molecular complexity index is 692. The summed E-state index contributed by atoms with van der Waals surface area (Å²) in [5, 5.41) is 20.8. The molecule has 0 saturated carbocycles. The van der Waals surface area contributed by atoms with Crippen LogP contribution in [-0.4, -0.2) is 14.8 Å². The third kappa shape index (κ3) is 2.07. The summed E-state index contributed by atoms with van der Waals surface area (Å²) in [7, 11) is 0. The van der Waals surface area contributed by atoms with Crippen LogP contribution >= 0.6 is 0 Å². The van der Waals surface area contributed by atoms with Crippen LogP contribution in [0.15, 0.2) is 18.2 Å². The third-order valence-corrected chi connectivity index (χ3v) is 2.43. The van der Waals surface area contributed by atoms with Crippen LogP contribution < -0.4 is 0 Å². The summed E-state index contributed by atoms with van der Waals surface area (Å²) in [6.45, 7) is 0. The molecule has 0 bridgehead atoms. The monoisotopic (exact) mass is 275 g/mol. The molecule has 1 aromatic carbocycles. The molecular weight excluding hydrogens is 271 g/mol. The molecule has 19 heavy (non-hydrogen) atoms. The van der Waals surface area contributed by atoms with Crippen molar-refractivity contribution in [3.05, 3.63) is 44.1 Å². The third-order valence-electron chi connectivity index (χ3n) is 2.43. The van der Waals surface area contributed by atoms with Crippen molar-refractivity contribution < 1.29 is 23.0 Å². The highest BCUT2D eigenvalue weighted by Gasteiger charge is 2.42. The Balaban J connectivity index is 2.83. The summed E-state index contributed by atoms with van der Waals surface area (Å²) in [6, 6.07) is 2.69. The van der Waals surface area contributed by atoms with Gasteiger partial charge in [-0.1, -0.05) is 0 Å². The average Bonchev–Trinajstić information content (AvgIpc) is 2.66. The number of rotatable bonds is 2. The highest BCUT2D eigenvalue weighted by molar-refractivity contribution is 5.92. The van der Waals surface area contributed by atoms with Gasteiger partial charge in [0.2, 0.25) is 0 Å². The van der Waals surface area contributed by atoms with E-state index in [1.54, 1.807) is 0 Å². The first kappa shape index (κ1) is 12.8. The van der Waals surface area contributed by atoms with Crippen LogP contribution in [0.4, 0.5) is 24.5 Å². The van der Waals surface area contributed by atoms with Gasteiger partial charge in [-0.3, -0.25) is 20.2 Å². The van der Waals surface area contributed by atoms with E-state index in [0.717, 1.165) is 18.2 Å². The Morgan fingerprint density at radius 3 is 2.21 bits per heavy atom. The van der Waals surface area contributed by atoms with E-state index >= 15 is 0 Å². The second-order valence-electron chi connectivity index (χ2n) is 3.59. The van der Waals surface area contributed by atoms with Crippen LogP contribution in [0.1, 0.15) is 5.69 Å². The lowest BCUT2D eigenvalue weighted by molar-refractivity contribution is -0.387. The fourth-order valence-corrected chi connectivity index (χ4v) is 1.67. The van der Waals surface area contributed by atoms with E-state index in [1.807, 2.05) is 4.98 Å². The summed E-state index contributed by atoms with van der Waals surface area (Å²) >= 11 is 0. The molecule has 1 N–H and O–H groups in total. The van der Waals surface area contributed by atoms with Crippen molar-refractivity contribution in [2.45, 2.75) is 6.18 Å². The summed E-state index contributed by atoms with van der Waals surface area (Å²) in [5.41, 5.74) is -3.47. The van der Waals surface area contributed by atoms with Gasteiger partial charge in [-0.25, -0.2) is 0 Å². The number of hydrogen-bond acceptors (Lipinski definition) is 4. The Morgan fingerprint density at radius 1 is 1.11 bits per heavy atom. The number of fused-ring (bicyclic) bond motifs is 1. The number of alkyl halides is 3. The molecule has 1 aromatic heterocycles. The Labute approximate surface area is 101 Å². The van der Waals surface area contributed by atoms with E-state index in [9.17, 15) is 33.4 Å². The topological polar surface area (TPSA) is 102 Å². The van der Waals surface area contributed by atoms with Crippen molar-refractivity contribution in [2.75, 3.05) is 0 Å². The molecule has 0 aliphatic rings. The number of nitro benzene ring substituents is 1. The van der Waals surface area contributed by atoms with E-state index < -0.39 is 38.5 Å². The van der Waals surface area contributed by atoms with Crippen molar-refractivity contribution in [1.82, 2.24) is 4.98 Å². The first-order valence-electron chi connectivity index (χ1n) is 4.73. The van der Waals surface area contributed by atoms with Crippen LogP contribution in [-0.2, 0) is 6.18 Å². The summed E-state index contributed by atoms with van der Waals surface area (Å²) in [5.74, 6) is 0. The molecular formula is C9H4F3N3O4. The lowest BCUT2D eigenvalue weighted by Crippen LogP contribution is -2.08. The predicted molar refractivity (Wildman–Crippen MR) is 56.6 cm³/mol. The number of halogens is 3. The zero-order valence-corrected chi connectivity index (χ0v) is 8.89. The summed E-state index contributed by atoms with van der Waals surface area (Å²) in [4.78, 5) is 21.1. The van der Waals surface area contributed by atoms with Gasteiger partial charge in [0.05, 0.1) is 20.7 Å². The van der Waals surface area contributed by atoms with E-state index in [2.05, 4.69) is 0 Å². The minimum Gasteiger partial charge on any atom is -0.345 e. The maximum Gasteiger partial charge on any atom is 0.438 e. The van der Waals surface area contributed by atoms with Gasteiger partial charge in [-0.05, 0) is 6.07 Å². The molecule has 0 amide bonds. The van der Waals surface area contributed by atoms with Crippen LogP contribution in [0.2, 0.25) is 0 Å². The van der Waals surface area contributed by atoms with E-state index in [1.165, 1.54) is 0 Å². The minimum absolute atomic E-state index is 0.190. The molecule has 0 unspecified atom stereocenters. The van der Waals surface area contributed by atoms with Crippen LogP contribution in [0.25, 0.3) is 10.9 Å². The molecule has 0 aliphatic heterocycles. The molecule has 0 saturated heterocycles. The van der Waals surface area contributed by atoms with Gasteiger partial charge in [0, 0.05) is 12.1 Å². The van der Waals surface area contributed by atoms with Gasteiger partial charge < -0.3 is 4.98 Å². The molecule has 0 spiro atoms. The number of H-pyrrole nitrogens is 1. The maximum atomic E-state index is 12.6. The van der Waals surface area contributed by atoms with Crippen molar-refractivity contribution in [1.29, 1.82) is 0 Å². The van der Waals surface area contributed by atoms with E-state index in [-0.39, 0.29) is 5.52 Å². The lowest BCUT2D eigenvalue weighted by atomic mass is 10.2. The normalized spacial score (nSPS) is 11.7. The number of benzene rings is 1. The smallest absolute Gasteiger partial charge is 0.345 e. The first-order chi connectivity index (χ1) is 8.71. The van der Waals surface area contributed by atoms with Crippen LogP contribution in [0, 0.1) is 20.2 Å². The molecule has 10 heteroatoms. The molecule has 7 nitrogen and oxygen atoms in total. The largest absolute Gasteiger partial charge is 0.438 e. The Kier molecular flexibility index (Phi) is 2.65. The van der Waals surface area contributed by atoms with Crippen LogP contribution in [0.5, 0.6) is 0 Å². The number of aromatic amines is 1. The van der Waals surface area contributed by atoms with Gasteiger partial charge >= 0.3 is 11.9 Å². The zero-order valence-electron chi connectivity index (χ0n) is 8.89. The average molecular weight is 275 g/mol. The zero-order chi connectivity index (χ0) is 14.4. The molecule has 1 heterocycles. The highest BCUT2D eigenvalue weighted by atomic mass is 19.4. The van der Waals surface area contributed by atoms with E-state index in [4.69, 9.17) is 0 Å². The predicted octanol–water partition coefficient (Wildman–Crippen LogP) is 3.00. The summed E-state index contributed by atoms with van der Waals surface area (Å²) in [6.07, 6.45) is -4.95. The highest BCUT2D eigenvalue weighted by Crippen LogP contribution is 2.41.